The quantitative estimate of drug-likeness (QED) is 0.799. The number of nitrogens with zero attached hydrogens (tertiary/aromatic N) is 3. The van der Waals surface area contributed by atoms with Gasteiger partial charge >= 0.3 is 11.9 Å². The number of aliphatic carboxylic acids is 1. The van der Waals surface area contributed by atoms with Gasteiger partial charge in [-0.25, -0.2) is 9.48 Å². The van der Waals surface area contributed by atoms with Gasteiger partial charge in [0.25, 0.3) is 0 Å². The fourth-order valence-corrected chi connectivity index (χ4v) is 4.28. The maximum Gasteiger partial charge on any atom is 0.359 e. The molecule has 138 valence electrons. The summed E-state index contributed by atoms with van der Waals surface area (Å²) in [5, 5.41) is 23.6. The molecule has 0 aliphatic carbocycles. The number of carboxylic acids is 1. The van der Waals surface area contributed by atoms with Crippen molar-refractivity contribution in [2.45, 2.75) is 50.4 Å². The molecule has 1 aromatic carbocycles. The molecular weight excluding hydrogens is 338 g/mol. The van der Waals surface area contributed by atoms with Crippen LogP contribution in [0.2, 0.25) is 0 Å². The van der Waals surface area contributed by atoms with Crippen molar-refractivity contribution in [3.63, 3.8) is 0 Å². The Morgan fingerprint density at radius 2 is 1.96 bits per heavy atom. The second-order valence-corrected chi connectivity index (χ2v) is 7.12. The third-order valence-electron chi connectivity index (χ3n) is 5.56. The number of hydrogen-bond acceptors (Lipinski definition) is 6. The Kier molecular flexibility index (Phi) is 4.07. The van der Waals surface area contributed by atoms with E-state index in [1.165, 1.54) is 6.07 Å². The molecule has 2 bridgehead atoms. The summed E-state index contributed by atoms with van der Waals surface area (Å²) in [5.41, 5.74) is 0.272. The summed E-state index contributed by atoms with van der Waals surface area (Å²) in [5.74, 6) is -1.80. The number of hydrogen-bond donors (Lipinski definition) is 2. The predicted octanol–water partition coefficient (Wildman–Crippen LogP) is 1.61. The highest BCUT2D eigenvalue weighted by Gasteiger charge is 2.40. The van der Waals surface area contributed by atoms with Crippen molar-refractivity contribution in [1.29, 1.82) is 0 Å². The standard InChI is InChI=1S/C18H21N3O5/c1-20-10-5-6-11(20)8-12(7-10)26-18(25)16-13-3-2-4-14(22)17(13)21(19-16)9-15(23)24/h2-4,10-12,22H,5-9H2,1H3,(H,23,24). The maximum atomic E-state index is 12.7. The first-order valence-corrected chi connectivity index (χ1v) is 8.77. The van der Waals surface area contributed by atoms with Crippen molar-refractivity contribution in [1.82, 2.24) is 14.7 Å². The van der Waals surface area contributed by atoms with Gasteiger partial charge in [-0.1, -0.05) is 12.1 Å². The molecule has 8 heteroatoms. The minimum Gasteiger partial charge on any atom is -0.506 e. The van der Waals surface area contributed by atoms with Gasteiger partial charge in [-0.05, 0) is 26.0 Å². The molecule has 2 fully saturated rings. The lowest BCUT2D eigenvalue weighted by Crippen LogP contribution is -2.43. The monoisotopic (exact) mass is 359 g/mol. The lowest BCUT2D eigenvalue weighted by atomic mass is 10.0. The van der Waals surface area contributed by atoms with Gasteiger partial charge in [0.2, 0.25) is 0 Å². The normalized spacial score (nSPS) is 25.5. The molecule has 0 saturated carbocycles. The Morgan fingerprint density at radius 1 is 1.27 bits per heavy atom. The van der Waals surface area contributed by atoms with Gasteiger partial charge in [-0.15, -0.1) is 0 Å². The van der Waals surface area contributed by atoms with E-state index in [0.717, 1.165) is 30.4 Å². The lowest BCUT2D eigenvalue weighted by Gasteiger charge is -2.35. The number of carbonyl (C=O) groups is 2. The average molecular weight is 359 g/mol. The van der Waals surface area contributed by atoms with E-state index in [4.69, 9.17) is 9.84 Å². The van der Waals surface area contributed by atoms with Gasteiger partial charge < -0.3 is 19.8 Å². The van der Waals surface area contributed by atoms with Crippen molar-refractivity contribution < 1.29 is 24.5 Å². The number of ether oxygens (including phenoxy) is 1. The average Bonchev–Trinajstić information content (AvgIpc) is 3.02. The molecule has 2 unspecified atom stereocenters. The molecule has 2 saturated heterocycles. The molecule has 4 rings (SSSR count). The van der Waals surface area contributed by atoms with Crippen LogP contribution >= 0.6 is 0 Å². The predicted molar refractivity (Wildman–Crippen MR) is 92.0 cm³/mol. The maximum absolute atomic E-state index is 12.7. The van der Waals surface area contributed by atoms with Crippen LogP contribution in [0.15, 0.2) is 18.2 Å². The van der Waals surface area contributed by atoms with E-state index in [0.29, 0.717) is 17.5 Å². The minimum atomic E-state index is -1.11. The van der Waals surface area contributed by atoms with Crippen molar-refractivity contribution >= 4 is 22.8 Å². The van der Waals surface area contributed by atoms with Crippen LogP contribution in [0, 0.1) is 0 Å². The Labute approximate surface area is 150 Å². The summed E-state index contributed by atoms with van der Waals surface area (Å²) in [6.45, 7) is -0.445. The third-order valence-corrected chi connectivity index (χ3v) is 5.56. The van der Waals surface area contributed by atoms with E-state index in [1.54, 1.807) is 12.1 Å². The molecule has 26 heavy (non-hydrogen) atoms. The Morgan fingerprint density at radius 3 is 2.62 bits per heavy atom. The van der Waals surface area contributed by atoms with Crippen molar-refractivity contribution in [3.05, 3.63) is 23.9 Å². The second kappa shape index (κ2) is 6.28. The van der Waals surface area contributed by atoms with E-state index in [-0.39, 0.29) is 23.1 Å². The molecule has 2 N–H and O–H groups in total. The fourth-order valence-electron chi connectivity index (χ4n) is 4.28. The number of rotatable bonds is 4. The number of piperidine rings is 1. The first kappa shape index (κ1) is 16.8. The van der Waals surface area contributed by atoms with Crippen LogP contribution in [0.3, 0.4) is 0 Å². The number of carboxylic acid groups (broad SMARTS) is 1. The molecule has 0 spiro atoms. The zero-order valence-corrected chi connectivity index (χ0v) is 14.5. The molecule has 2 aromatic rings. The van der Waals surface area contributed by atoms with E-state index >= 15 is 0 Å². The summed E-state index contributed by atoms with van der Waals surface area (Å²) in [6.07, 6.45) is 3.70. The number of phenolic OH excluding ortho intramolecular Hbond substituents is 1. The fraction of sp³-hybridized carbons (Fsp3) is 0.500. The number of para-hydroxylation sites is 1. The number of benzene rings is 1. The van der Waals surface area contributed by atoms with E-state index < -0.39 is 18.5 Å². The highest BCUT2D eigenvalue weighted by Crippen LogP contribution is 2.36. The van der Waals surface area contributed by atoms with Crippen LogP contribution in [0.25, 0.3) is 10.9 Å². The molecule has 2 aliphatic rings. The summed E-state index contributed by atoms with van der Waals surface area (Å²) in [6, 6.07) is 5.55. The number of aromatic nitrogens is 2. The number of fused-ring (bicyclic) bond motifs is 3. The molecule has 8 nitrogen and oxygen atoms in total. The van der Waals surface area contributed by atoms with Gasteiger partial charge in [0.05, 0.1) is 0 Å². The van der Waals surface area contributed by atoms with E-state index in [1.807, 2.05) is 0 Å². The Balaban J connectivity index is 1.61. The SMILES string of the molecule is CN1C2CCC1CC(OC(=O)c1nn(CC(=O)O)c3c(O)cccc13)C2. The van der Waals surface area contributed by atoms with Gasteiger partial charge in [0, 0.05) is 30.3 Å². The van der Waals surface area contributed by atoms with Crippen molar-refractivity contribution in [3.8, 4) is 5.75 Å². The van der Waals surface area contributed by atoms with Crippen LogP contribution in [-0.4, -0.2) is 62.1 Å². The topological polar surface area (TPSA) is 105 Å². The van der Waals surface area contributed by atoms with E-state index in [9.17, 15) is 14.7 Å². The highest BCUT2D eigenvalue weighted by atomic mass is 16.5. The second-order valence-electron chi connectivity index (χ2n) is 7.12. The molecular formula is C18H21N3O5. The van der Waals surface area contributed by atoms with E-state index in [2.05, 4.69) is 17.0 Å². The van der Waals surface area contributed by atoms with Crippen LogP contribution in [0.5, 0.6) is 5.75 Å². The summed E-state index contributed by atoms with van der Waals surface area (Å²) < 4.78 is 6.83. The van der Waals surface area contributed by atoms with Gasteiger partial charge in [0.1, 0.15) is 23.9 Å². The smallest absolute Gasteiger partial charge is 0.359 e. The molecule has 2 aliphatic heterocycles. The van der Waals surface area contributed by atoms with Crippen LogP contribution < -0.4 is 0 Å². The Bertz CT molecular complexity index is 863. The third kappa shape index (κ3) is 2.80. The molecule has 3 heterocycles. The first-order valence-electron chi connectivity index (χ1n) is 8.77. The highest BCUT2D eigenvalue weighted by molar-refractivity contribution is 6.04. The van der Waals surface area contributed by atoms with Gasteiger partial charge in [0.15, 0.2) is 5.69 Å². The first-order chi connectivity index (χ1) is 12.4. The van der Waals surface area contributed by atoms with Gasteiger partial charge in [-0.3, -0.25) is 4.79 Å². The molecule has 1 aromatic heterocycles. The molecule has 0 radical (unpaired) electrons. The van der Waals surface area contributed by atoms with Crippen molar-refractivity contribution in [2.24, 2.45) is 0 Å². The largest absolute Gasteiger partial charge is 0.506 e. The van der Waals surface area contributed by atoms with Crippen LogP contribution in [0.1, 0.15) is 36.2 Å². The van der Waals surface area contributed by atoms with Crippen LogP contribution in [0.4, 0.5) is 0 Å². The van der Waals surface area contributed by atoms with Crippen molar-refractivity contribution in [2.75, 3.05) is 7.05 Å². The zero-order valence-electron chi connectivity index (χ0n) is 14.5. The number of esters is 1. The molecule has 2 atom stereocenters. The summed E-state index contributed by atoms with van der Waals surface area (Å²) in [4.78, 5) is 26.1. The van der Waals surface area contributed by atoms with Crippen LogP contribution in [-0.2, 0) is 16.1 Å². The summed E-state index contributed by atoms with van der Waals surface area (Å²) >= 11 is 0. The number of carbonyl (C=O) groups excluding carboxylic acids is 1. The lowest BCUT2D eigenvalue weighted by molar-refractivity contribution is -0.137. The number of aromatic hydroxyl groups is 1. The zero-order chi connectivity index (χ0) is 18.4. The minimum absolute atomic E-state index is 0.0448. The van der Waals surface area contributed by atoms with Gasteiger partial charge in [-0.2, -0.15) is 5.10 Å². The molecule has 0 amide bonds. The Hall–Kier alpha value is -2.61. The number of phenols is 1. The summed E-state index contributed by atoms with van der Waals surface area (Å²) in [7, 11) is 2.12.